The van der Waals surface area contributed by atoms with Gasteiger partial charge in [0.2, 0.25) is 0 Å². The number of rotatable bonds is 5. The molecule has 1 aliphatic carbocycles. The highest BCUT2D eigenvalue weighted by Gasteiger charge is 2.20. The third kappa shape index (κ3) is 3.09. The monoisotopic (exact) mass is 235 g/mol. The average Bonchev–Trinajstić information content (AvgIpc) is 3.14. The van der Waals surface area contributed by atoms with Gasteiger partial charge in [0.15, 0.2) is 0 Å². The number of methoxy groups -OCH3 is 1. The van der Waals surface area contributed by atoms with E-state index in [0.29, 0.717) is 17.1 Å². The van der Waals surface area contributed by atoms with Gasteiger partial charge in [-0.15, -0.1) is 0 Å². The maximum absolute atomic E-state index is 11.4. The summed E-state index contributed by atoms with van der Waals surface area (Å²) in [5.74, 6) is 1.10. The number of aromatic nitrogens is 1. The van der Waals surface area contributed by atoms with Crippen molar-refractivity contribution in [3.05, 3.63) is 17.8 Å². The fourth-order valence-corrected chi connectivity index (χ4v) is 1.66. The molecule has 0 aromatic carbocycles. The summed E-state index contributed by atoms with van der Waals surface area (Å²) in [5, 5.41) is 3.19. The fraction of sp³-hybridized carbons (Fsp3) is 0.500. The van der Waals surface area contributed by atoms with Crippen molar-refractivity contribution in [2.45, 2.75) is 19.3 Å². The van der Waals surface area contributed by atoms with Gasteiger partial charge in [-0.1, -0.05) is 12.8 Å². The highest BCUT2D eigenvalue weighted by Crippen LogP contribution is 2.32. The Kier molecular flexibility index (Phi) is 3.46. The number of nitrogen functional groups attached to an aromatic ring is 1. The molecule has 1 aromatic heterocycles. The molecular weight excluding hydrogens is 218 g/mol. The molecule has 1 fully saturated rings. The van der Waals surface area contributed by atoms with E-state index in [4.69, 9.17) is 5.73 Å². The van der Waals surface area contributed by atoms with Gasteiger partial charge >= 0.3 is 5.97 Å². The Hall–Kier alpha value is -1.78. The zero-order chi connectivity index (χ0) is 12.3. The number of carbonyl (C=O) groups is 1. The van der Waals surface area contributed by atoms with Crippen LogP contribution >= 0.6 is 0 Å². The van der Waals surface area contributed by atoms with Crippen molar-refractivity contribution in [1.82, 2.24) is 4.98 Å². The minimum Gasteiger partial charge on any atom is -0.465 e. The lowest BCUT2D eigenvalue weighted by atomic mass is 10.2. The van der Waals surface area contributed by atoms with E-state index in [1.54, 1.807) is 6.07 Å². The minimum atomic E-state index is -0.435. The molecule has 3 N–H and O–H groups in total. The van der Waals surface area contributed by atoms with E-state index in [1.165, 1.54) is 26.1 Å². The number of pyridine rings is 1. The standard InChI is InChI=1S/C12H17N3O2/c1-17-12(16)9-6-11(15-7-10(9)13)14-5-4-8-2-3-8/h6-8H,2-5,13H2,1H3,(H,14,15). The highest BCUT2D eigenvalue weighted by atomic mass is 16.5. The molecular formula is C12H17N3O2. The van der Waals surface area contributed by atoms with Crippen LogP contribution in [-0.4, -0.2) is 24.6 Å². The number of nitrogens with one attached hydrogen (secondary N) is 1. The van der Waals surface area contributed by atoms with Crippen LogP contribution in [0.4, 0.5) is 11.5 Å². The van der Waals surface area contributed by atoms with Crippen molar-refractivity contribution < 1.29 is 9.53 Å². The zero-order valence-corrected chi connectivity index (χ0v) is 9.90. The average molecular weight is 235 g/mol. The molecule has 0 unspecified atom stereocenters. The van der Waals surface area contributed by atoms with Crippen LogP contribution in [0, 0.1) is 5.92 Å². The van der Waals surface area contributed by atoms with Crippen LogP contribution in [0.25, 0.3) is 0 Å². The number of anilines is 2. The van der Waals surface area contributed by atoms with Crippen molar-refractivity contribution in [1.29, 1.82) is 0 Å². The highest BCUT2D eigenvalue weighted by molar-refractivity contribution is 5.95. The van der Waals surface area contributed by atoms with Crippen LogP contribution in [-0.2, 0) is 4.74 Å². The molecule has 92 valence electrons. The van der Waals surface area contributed by atoms with Gasteiger partial charge in [0, 0.05) is 6.54 Å². The number of hydrogen-bond donors (Lipinski definition) is 2. The summed E-state index contributed by atoms with van der Waals surface area (Å²) in [6.07, 6.45) is 5.31. The lowest BCUT2D eigenvalue weighted by Gasteiger charge is -2.08. The fourth-order valence-electron chi connectivity index (χ4n) is 1.66. The number of hydrogen-bond acceptors (Lipinski definition) is 5. The molecule has 0 atom stereocenters. The van der Waals surface area contributed by atoms with E-state index in [-0.39, 0.29) is 0 Å². The molecule has 2 rings (SSSR count). The van der Waals surface area contributed by atoms with Gasteiger partial charge in [0.25, 0.3) is 0 Å². The molecule has 0 radical (unpaired) electrons. The van der Waals surface area contributed by atoms with E-state index in [2.05, 4.69) is 15.0 Å². The Morgan fingerprint density at radius 2 is 2.41 bits per heavy atom. The molecule has 1 aliphatic rings. The summed E-state index contributed by atoms with van der Waals surface area (Å²) in [6.45, 7) is 0.877. The van der Waals surface area contributed by atoms with E-state index in [1.807, 2.05) is 0 Å². The van der Waals surface area contributed by atoms with Gasteiger partial charge in [-0.3, -0.25) is 0 Å². The van der Waals surface area contributed by atoms with Crippen LogP contribution in [0.5, 0.6) is 0 Å². The van der Waals surface area contributed by atoms with E-state index < -0.39 is 5.97 Å². The molecule has 1 aromatic rings. The maximum Gasteiger partial charge on any atom is 0.340 e. The second-order valence-corrected chi connectivity index (χ2v) is 4.31. The molecule has 0 amide bonds. The molecule has 17 heavy (non-hydrogen) atoms. The summed E-state index contributed by atoms with van der Waals surface area (Å²) < 4.78 is 4.65. The van der Waals surface area contributed by atoms with Gasteiger partial charge < -0.3 is 15.8 Å². The Labute approximate surface area is 100 Å². The van der Waals surface area contributed by atoms with Gasteiger partial charge in [0.1, 0.15) is 5.82 Å². The lowest BCUT2D eigenvalue weighted by Crippen LogP contribution is -2.09. The van der Waals surface area contributed by atoms with Crippen molar-refractivity contribution in [3.63, 3.8) is 0 Å². The second kappa shape index (κ2) is 5.03. The van der Waals surface area contributed by atoms with E-state index in [0.717, 1.165) is 18.9 Å². The van der Waals surface area contributed by atoms with Crippen LogP contribution in [0.1, 0.15) is 29.6 Å². The van der Waals surface area contributed by atoms with Crippen molar-refractivity contribution in [3.8, 4) is 0 Å². The molecule has 0 aliphatic heterocycles. The summed E-state index contributed by atoms with van der Waals surface area (Å²) >= 11 is 0. The smallest absolute Gasteiger partial charge is 0.340 e. The first-order valence-corrected chi connectivity index (χ1v) is 5.78. The van der Waals surface area contributed by atoms with Crippen LogP contribution in [0.15, 0.2) is 12.3 Å². The summed E-state index contributed by atoms with van der Waals surface area (Å²) in [7, 11) is 1.34. The van der Waals surface area contributed by atoms with Gasteiger partial charge in [-0.25, -0.2) is 9.78 Å². The summed E-state index contributed by atoms with van der Waals surface area (Å²) in [6, 6.07) is 1.63. The van der Waals surface area contributed by atoms with Crippen LogP contribution < -0.4 is 11.1 Å². The first kappa shape index (κ1) is 11.7. The quantitative estimate of drug-likeness (QED) is 0.759. The van der Waals surface area contributed by atoms with Gasteiger partial charge in [-0.2, -0.15) is 0 Å². The number of esters is 1. The van der Waals surface area contributed by atoms with Crippen molar-refractivity contribution >= 4 is 17.5 Å². The Morgan fingerprint density at radius 3 is 3.06 bits per heavy atom. The van der Waals surface area contributed by atoms with Crippen molar-refractivity contribution in [2.24, 2.45) is 5.92 Å². The van der Waals surface area contributed by atoms with E-state index in [9.17, 15) is 4.79 Å². The first-order chi connectivity index (χ1) is 8.20. The Bertz CT molecular complexity index is 416. The third-order valence-electron chi connectivity index (χ3n) is 2.90. The zero-order valence-electron chi connectivity index (χ0n) is 9.90. The summed E-state index contributed by atoms with van der Waals surface area (Å²) in [5.41, 5.74) is 6.36. The topological polar surface area (TPSA) is 77.2 Å². The SMILES string of the molecule is COC(=O)c1cc(NCCC2CC2)ncc1N. The lowest BCUT2D eigenvalue weighted by molar-refractivity contribution is 0.0602. The number of nitrogens with two attached hydrogens (primary N) is 1. The predicted molar refractivity (Wildman–Crippen MR) is 65.8 cm³/mol. The molecule has 0 bridgehead atoms. The largest absolute Gasteiger partial charge is 0.465 e. The molecule has 0 spiro atoms. The predicted octanol–water partition coefficient (Wildman–Crippen LogP) is 1.66. The van der Waals surface area contributed by atoms with E-state index >= 15 is 0 Å². The second-order valence-electron chi connectivity index (χ2n) is 4.31. The van der Waals surface area contributed by atoms with Crippen LogP contribution in [0.2, 0.25) is 0 Å². The Balaban J connectivity index is 1.98. The molecule has 5 nitrogen and oxygen atoms in total. The first-order valence-electron chi connectivity index (χ1n) is 5.78. The van der Waals surface area contributed by atoms with Crippen LogP contribution in [0.3, 0.4) is 0 Å². The van der Waals surface area contributed by atoms with Crippen molar-refractivity contribution in [2.75, 3.05) is 24.7 Å². The molecule has 1 saturated carbocycles. The minimum absolute atomic E-state index is 0.338. The molecule has 0 saturated heterocycles. The number of ether oxygens (including phenoxy) is 1. The number of carbonyl (C=O) groups excluding carboxylic acids is 1. The Morgan fingerprint density at radius 1 is 1.65 bits per heavy atom. The third-order valence-corrected chi connectivity index (χ3v) is 2.90. The molecule has 5 heteroatoms. The summed E-state index contributed by atoms with van der Waals surface area (Å²) in [4.78, 5) is 15.5. The molecule has 1 heterocycles. The maximum atomic E-state index is 11.4. The van der Waals surface area contributed by atoms with Gasteiger partial charge in [0.05, 0.1) is 24.6 Å². The van der Waals surface area contributed by atoms with Gasteiger partial charge in [-0.05, 0) is 18.4 Å². The number of nitrogens with zero attached hydrogens (tertiary/aromatic N) is 1. The normalized spacial score (nSPS) is 14.4.